The number of sulfone groups is 1. The van der Waals surface area contributed by atoms with Gasteiger partial charge < -0.3 is 5.32 Å². The van der Waals surface area contributed by atoms with Crippen LogP contribution in [0, 0.1) is 0 Å². The van der Waals surface area contributed by atoms with E-state index in [0.29, 0.717) is 23.6 Å². The monoisotopic (exact) mass is 260 g/mol. The number of nitrogens with zero attached hydrogens (tertiary/aromatic N) is 1. The number of hydrogen-bond donors (Lipinski definition) is 1. The first-order chi connectivity index (χ1) is 7.86. The first-order valence-corrected chi connectivity index (χ1v) is 8.39. The molecular weight excluding hydrogens is 236 g/mol. The molecule has 0 spiro atoms. The van der Waals surface area contributed by atoms with Crippen molar-refractivity contribution in [2.75, 3.05) is 24.6 Å². The minimum atomic E-state index is -2.81. The minimum Gasteiger partial charge on any atom is -0.311 e. The molecule has 0 bridgehead atoms. The van der Waals surface area contributed by atoms with Crippen molar-refractivity contribution in [3.8, 4) is 0 Å². The van der Waals surface area contributed by atoms with E-state index < -0.39 is 9.84 Å². The van der Waals surface area contributed by atoms with Crippen molar-refractivity contribution in [3.05, 3.63) is 0 Å². The zero-order valence-corrected chi connectivity index (χ0v) is 11.9. The van der Waals surface area contributed by atoms with Crippen molar-refractivity contribution in [1.29, 1.82) is 0 Å². The van der Waals surface area contributed by atoms with E-state index in [1.807, 2.05) is 0 Å². The second-order valence-electron chi connectivity index (χ2n) is 5.85. The Kier molecular flexibility index (Phi) is 3.54. The standard InChI is InChI=1S/C12H24N2O2S/c1-4-11-8-14(10(2)7-13-11)12(3)5-6-17(15,16)9-12/h10-11,13H,4-9H2,1-3H3. The van der Waals surface area contributed by atoms with Gasteiger partial charge in [0.15, 0.2) is 9.84 Å². The number of hydrogen-bond acceptors (Lipinski definition) is 4. The van der Waals surface area contributed by atoms with Gasteiger partial charge in [0.05, 0.1) is 11.5 Å². The van der Waals surface area contributed by atoms with Gasteiger partial charge in [0.2, 0.25) is 0 Å². The first-order valence-electron chi connectivity index (χ1n) is 6.57. The van der Waals surface area contributed by atoms with Gasteiger partial charge in [0.1, 0.15) is 0 Å². The van der Waals surface area contributed by atoms with E-state index in [1.165, 1.54) is 0 Å². The molecule has 0 aliphatic carbocycles. The summed E-state index contributed by atoms with van der Waals surface area (Å²) in [6.07, 6.45) is 1.89. The van der Waals surface area contributed by atoms with Crippen LogP contribution in [0.3, 0.4) is 0 Å². The minimum absolute atomic E-state index is 0.145. The van der Waals surface area contributed by atoms with Crippen molar-refractivity contribution < 1.29 is 8.42 Å². The molecule has 2 heterocycles. The zero-order valence-electron chi connectivity index (χ0n) is 11.1. The fraction of sp³-hybridized carbons (Fsp3) is 1.00. The lowest BCUT2D eigenvalue weighted by Gasteiger charge is -2.47. The van der Waals surface area contributed by atoms with Crippen LogP contribution in [0.15, 0.2) is 0 Å². The second kappa shape index (κ2) is 4.52. The molecule has 2 fully saturated rings. The van der Waals surface area contributed by atoms with E-state index in [0.717, 1.165) is 25.9 Å². The highest BCUT2D eigenvalue weighted by atomic mass is 32.2. The lowest BCUT2D eigenvalue weighted by molar-refractivity contribution is 0.0420. The summed E-state index contributed by atoms with van der Waals surface area (Å²) in [5, 5.41) is 3.52. The van der Waals surface area contributed by atoms with Gasteiger partial charge in [-0.25, -0.2) is 8.42 Å². The van der Waals surface area contributed by atoms with Crippen LogP contribution in [0.4, 0.5) is 0 Å². The predicted octanol–water partition coefficient (Wildman–Crippen LogP) is 0.636. The molecule has 0 aromatic carbocycles. The van der Waals surface area contributed by atoms with Crippen LogP contribution in [-0.4, -0.2) is 55.5 Å². The van der Waals surface area contributed by atoms with E-state index >= 15 is 0 Å². The lowest BCUT2D eigenvalue weighted by Crippen LogP contribution is -2.63. The molecule has 5 heteroatoms. The Balaban J connectivity index is 2.15. The van der Waals surface area contributed by atoms with Gasteiger partial charge in [-0.05, 0) is 26.7 Å². The van der Waals surface area contributed by atoms with E-state index in [1.54, 1.807) is 0 Å². The summed E-state index contributed by atoms with van der Waals surface area (Å²) in [7, 11) is -2.81. The van der Waals surface area contributed by atoms with Crippen molar-refractivity contribution in [1.82, 2.24) is 10.2 Å². The van der Waals surface area contributed by atoms with Crippen LogP contribution in [0.25, 0.3) is 0 Å². The third-order valence-electron chi connectivity index (χ3n) is 4.32. The zero-order chi connectivity index (χ0) is 12.7. The van der Waals surface area contributed by atoms with Crippen LogP contribution >= 0.6 is 0 Å². The maximum atomic E-state index is 11.7. The summed E-state index contributed by atoms with van der Waals surface area (Å²) in [6.45, 7) is 8.43. The van der Waals surface area contributed by atoms with Gasteiger partial charge in [-0.15, -0.1) is 0 Å². The van der Waals surface area contributed by atoms with Crippen molar-refractivity contribution in [2.24, 2.45) is 0 Å². The van der Waals surface area contributed by atoms with Gasteiger partial charge in [-0.2, -0.15) is 0 Å². The summed E-state index contributed by atoms with van der Waals surface area (Å²) in [5.74, 6) is 0.692. The average molecular weight is 260 g/mol. The number of piperazine rings is 1. The molecule has 2 rings (SSSR count). The van der Waals surface area contributed by atoms with E-state index in [2.05, 4.69) is 31.0 Å². The molecule has 2 aliphatic rings. The Hall–Kier alpha value is -0.130. The van der Waals surface area contributed by atoms with Crippen molar-refractivity contribution in [2.45, 2.75) is 51.2 Å². The fourth-order valence-corrected chi connectivity index (χ4v) is 5.33. The largest absolute Gasteiger partial charge is 0.311 e. The van der Waals surface area contributed by atoms with Crippen LogP contribution in [-0.2, 0) is 9.84 Å². The molecule has 2 aliphatic heterocycles. The smallest absolute Gasteiger partial charge is 0.152 e. The highest BCUT2D eigenvalue weighted by Gasteiger charge is 2.45. The highest BCUT2D eigenvalue weighted by molar-refractivity contribution is 7.91. The molecule has 0 radical (unpaired) electrons. The summed E-state index contributed by atoms with van der Waals surface area (Å²) in [6, 6.07) is 0.933. The topological polar surface area (TPSA) is 49.4 Å². The highest BCUT2D eigenvalue weighted by Crippen LogP contribution is 2.32. The Morgan fingerprint density at radius 2 is 2.18 bits per heavy atom. The van der Waals surface area contributed by atoms with Gasteiger partial charge in [-0.3, -0.25) is 4.90 Å². The van der Waals surface area contributed by atoms with E-state index in [4.69, 9.17) is 0 Å². The lowest BCUT2D eigenvalue weighted by atomic mass is 9.94. The second-order valence-corrected chi connectivity index (χ2v) is 8.04. The maximum absolute atomic E-state index is 11.7. The summed E-state index contributed by atoms with van der Waals surface area (Å²) in [4.78, 5) is 2.42. The first kappa shape index (κ1) is 13.3. The Morgan fingerprint density at radius 1 is 1.47 bits per heavy atom. The quantitative estimate of drug-likeness (QED) is 0.791. The molecule has 1 N–H and O–H groups in total. The SMILES string of the molecule is CCC1CN(C2(C)CCS(=O)(=O)C2)C(C)CN1. The molecule has 0 aromatic rings. The molecule has 3 atom stereocenters. The molecule has 100 valence electrons. The van der Waals surface area contributed by atoms with Gasteiger partial charge in [0.25, 0.3) is 0 Å². The molecule has 2 saturated heterocycles. The third-order valence-corrected chi connectivity index (χ3v) is 6.21. The normalized spacial score (nSPS) is 42.8. The number of rotatable bonds is 2. The Labute approximate surface area is 105 Å². The molecule has 3 unspecified atom stereocenters. The van der Waals surface area contributed by atoms with Crippen molar-refractivity contribution in [3.63, 3.8) is 0 Å². The summed E-state index contributed by atoms with van der Waals surface area (Å²) < 4.78 is 23.4. The van der Waals surface area contributed by atoms with Gasteiger partial charge >= 0.3 is 0 Å². The van der Waals surface area contributed by atoms with Crippen LogP contribution in [0.5, 0.6) is 0 Å². The molecule has 4 nitrogen and oxygen atoms in total. The Morgan fingerprint density at radius 3 is 2.71 bits per heavy atom. The summed E-state index contributed by atoms with van der Waals surface area (Å²) in [5.41, 5.74) is -0.145. The summed E-state index contributed by atoms with van der Waals surface area (Å²) >= 11 is 0. The molecule has 17 heavy (non-hydrogen) atoms. The predicted molar refractivity (Wildman–Crippen MR) is 69.9 cm³/mol. The van der Waals surface area contributed by atoms with Crippen LogP contribution in [0.2, 0.25) is 0 Å². The molecule has 0 amide bonds. The van der Waals surface area contributed by atoms with Crippen LogP contribution in [0.1, 0.15) is 33.6 Å². The van der Waals surface area contributed by atoms with E-state index in [9.17, 15) is 8.42 Å². The van der Waals surface area contributed by atoms with Gasteiger partial charge in [-0.1, -0.05) is 6.92 Å². The molecular formula is C12H24N2O2S. The van der Waals surface area contributed by atoms with Crippen molar-refractivity contribution >= 4 is 9.84 Å². The van der Waals surface area contributed by atoms with Crippen LogP contribution < -0.4 is 5.32 Å². The third kappa shape index (κ3) is 2.66. The average Bonchev–Trinajstić information content (AvgIpc) is 2.55. The Bertz CT molecular complexity index is 382. The maximum Gasteiger partial charge on any atom is 0.152 e. The molecule has 0 saturated carbocycles. The fourth-order valence-electron chi connectivity index (χ4n) is 3.18. The number of nitrogens with one attached hydrogen (secondary N) is 1. The molecule has 0 aromatic heterocycles. The van der Waals surface area contributed by atoms with E-state index in [-0.39, 0.29) is 5.54 Å². The van der Waals surface area contributed by atoms with Gasteiger partial charge in [0, 0.05) is 30.7 Å².